The molecule has 0 unspecified atom stereocenters. The van der Waals surface area contributed by atoms with E-state index in [-0.39, 0.29) is 0 Å². The van der Waals surface area contributed by atoms with Crippen molar-refractivity contribution in [1.82, 2.24) is 9.13 Å². The third-order valence-corrected chi connectivity index (χ3v) is 29.3. The number of hydrogen-bond acceptors (Lipinski definition) is 4. The van der Waals surface area contributed by atoms with Crippen LogP contribution < -0.4 is 9.80 Å². The number of para-hydroxylation sites is 6. The van der Waals surface area contributed by atoms with Gasteiger partial charge in [0.1, 0.15) is 22.3 Å². The molecule has 662 valence electrons. The predicted molar refractivity (Wildman–Crippen MR) is 598 cm³/mol. The second-order valence-electron chi connectivity index (χ2n) is 37.3. The fourth-order valence-electron chi connectivity index (χ4n) is 22.6. The summed E-state index contributed by atoms with van der Waals surface area (Å²) in [5.74, 6) is 0. The molecule has 0 saturated heterocycles. The minimum Gasteiger partial charge on any atom is -0.456 e. The SMILES string of the molecule is c1cc(-c2cccc3oc4ccccc4c23)cc(N(c2ccc(-c3ccc(-c4cccc(-n5c6ccccc6c6ccccc65)c4)cc3)cc2)c2ccc(-c3cc4cccc(-c5ccc6c(c5)oc5cccc(-c7cccc(N(c8ccc(-c9ccc(-c%10cccc(-n%11c%12ccccc%12c%12ccccc%12%11)c%10)cc9)cc8)c8ccccc8-c8ccc9c(ccc%10ccccc%109)c8)c7)c56)c4c4ccccc34)cc2)c1. The fraction of sp³-hybridized carbons (Fsp3) is 0. The summed E-state index contributed by atoms with van der Waals surface area (Å²) in [5.41, 5.74) is 37.0. The van der Waals surface area contributed by atoms with E-state index in [1.165, 1.54) is 81.3 Å². The average molecular weight is 1810 g/mol. The zero-order chi connectivity index (χ0) is 93.4. The molecule has 0 amide bonds. The Bertz CT molecular complexity index is 9820. The third-order valence-electron chi connectivity index (χ3n) is 29.3. The molecular weight excluding hydrogens is 1720 g/mol. The zero-order valence-electron chi connectivity index (χ0n) is 77.3. The van der Waals surface area contributed by atoms with E-state index >= 15 is 0 Å². The summed E-state index contributed by atoms with van der Waals surface area (Å²) in [6.07, 6.45) is 0. The summed E-state index contributed by atoms with van der Waals surface area (Å²) in [6, 6.07) is 191. The number of fused-ring (bicyclic) bond motifs is 18. The third kappa shape index (κ3) is 13.8. The van der Waals surface area contributed by atoms with E-state index in [1.807, 2.05) is 6.07 Å². The van der Waals surface area contributed by atoms with E-state index in [2.05, 4.69) is 535 Å². The minimum atomic E-state index is 0.827. The quantitative estimate of drug-likeness (QED) is 0.0852. The van der Waals surface area contributed by atoms with Gasteiger partial charge >= 0.3 is 0 Å². The van der Waals surface area contributed by atoms with Crippen molar-refractivity contribution in [2.45, 2.75) is 0 Å². The lowest BCUT2D eigenvalue weighted by molar-refractivity contribution is 0.668. The molecule has 0 spiro atoms. The van der Waals surface area contributed by atoms with Crippen molar-refractivity contribution in [3.63, 3.8) is 0 Å². The van der Waals surface area contributed by atoms with Crippen LogP contribution in [0, 0.1) is 0 Å². The number of rotatable bonds is 17. The predicted octanol–water partition coefficient (Wildman–Crippen LogP) is 38.2. The van der Waals surface area contributed by atoms with Crippen LogP contribution in [-0.2, 0) is 0 Å². The second-order valence-corrected chi connectivity index (χ2v) is 37.3. The monoisotopic (exact) mass is 1810 g/mol. The average Bonchev–Trinajstić information content (AvgIpc) is 1.11. The smallest absolute Gasteiger partial charge is 0.136 e. The Hall–Kier alpha value is -18.9. The molecule has 6 nitrogen and oxygen atoms in total. The maximum atomic E-state index is 7.09. The maximum Gasteiger partial charge on any atom is 0.136 e. The molecule has 0 aliphatic rings. The summed E-state index contributed by atoms with van der Waals surface area (Å²) in [7, 11) is 0. The standard InChI is InChI=1S/C136H86N4O2/c1-2-34-110-93(24-1)62-63-99-80-100(70-78-111(99)110)112-35-5-11-46-125(112)138(105-74-66-90(67-75-105)88-56-60-92(61-57-88)96-26-18-33-109(82-96)140-128-49-14-8-39-119(128)120-40-9-15-50-129(120)140)107-31-20-28-98(84-107)115-45-23-53-132-136(115)123-79-71-101(86-133(123)142-132)113-43-21-29-102-85-124(116-36-3-4-41-121(116)134(102)113)94-68-76-104(77-69-94)137(106-30-19-27-97(83-106)114-44-22-52-131-135(114)122-42-10-16-51-130(122)141-131)103-72-64-89(65-73-103)87-54-58-91(59-55-87)95-25-17-32-108(81-95)139-126-47-12-6-37-117(126)118-38-7-13-48-127(118)139/h1-86H. The molecule has 4 heterocycles. The summed E-state index contributed by atoms with van der Waals surface area (Å²) < 4.78 is 18.3. The molecule has 0 fully saturated rings. The lowest BCUT2D eigenvalue weighted by Crippen LogP contribution is -2.11. The molecular formula is C136H86N4O2. The zero-order valence-corrected chi connectivity index (χ0v) is 77.3. The lowest BCUT2D eigenvalue weighted by atomic mass is 9.89. The Morgan fingerprint density at radius 2 is 0.493 bits per heavy atom. The van der Waals surface area contributed by atoms with Crippen LogP contribution in [0.15, 0.2) is 531 Å². The summed E-state index contributed by atoms with van der Waals surface area (Å²) in [4.78, 5) is 4.82. The number of furan rings is 2. The van der Waals surface area contributed by atoms with E-state index in [0.717, 1.165) is 195 Å². The first-order valence-electron chi connectivity index (χ1n) is 48.7. The molecule has 142 heavy (non-hydrogen) atoms. The van der Waals surface area contributed by atoms with E-state index in [1.54, 1.807) is 0 Å². The van der Waals surface area contributed by atoms with Crippen molar-refractivity contribution in [2.75, 3.05) is 9.80 Å². The maximum absolute atomic E-state index is 7.09. The van der Waals surface area contributed by atoms with Gasteiger partial charge in [0, 0.05) is 88.5 Å². The van der Waals surface area contributed by atoms with E-state index in [0.29, 0.717) is 0 Å². The van der Waals surface area contributed by atoms with Gasteiger partial charge in [-0.1, -0.05) is 364 Å². The summed E-state index contributed by atoms with van der Waals surface area (Å²) >= 11 is 0. The van der Waals surface area contributed by atoms with E-state index < -0.39 is 0 Å². The fourth-order valence-corrected chi connectivity index (χ4v) is 22.6. The van der Waals surface area contributed by atoms with Gasteiger partial charge in [-0.25, -0.2) is 0 Å². The van der Waals surface area contributed by atoms with Crippen LogP contribution >= 0.6 is 0 Å². The Morgan fingerprint density at radius 1 is 0.148 bits per heavy atom. The van der Waals surface area contributed by atoms with Crippen molar-refractivity contribution in [3.8, 4) is 112 Å². The van der Waals surface area contributed by atoms with Crippen LogP contribution in [0.2, 0.25) is 0 Å². The molecule has 0 bridgehead atoms. The molecule has 28 aromatic rings. The van der Waals surface area contributed by atoms with Crippen molar-refractivity contribution < 1.29 is 8.83 Å². The molecule has 0 N–H and O–H groups in total. The van der Waals surface area contributed by atoms with Gasteiger partial charge in [0.2, 0.25) is 0 Å². The number of aromatic nitrogens is 2. The van der Waals surface area contributed by atoms with E-state index in [4.69, 9.17) is 8.83 Å². The highest BCUT2D eigenvalue weighted by atomic mass is 16.3. The van der Waals surface area contributed by atoms with Crippen LogP contribution in [0.25, 0.3) is 242 Å². The number of benzene rings is 24. The molecule has 0 aliphatic carbocycles. The normalized spacial score (nSPS) is 11.8. The van der Waals surface area contributed by atoms with Gasteiger partial charge in [0.15, 0.2) is 0 Å². The first-order valence-corrected chi connectivity index (χ1v) is 48.7. The number of nitrogens with zero attached hydrogens (tertiary/aromatic N) is 4. The largest absolute Gasteiger partial charge is 0.456 e. The lowest BCUT2D eigenvalue weighted by Gasteiger charge is -2.28. The van der Waals surface area contributed by atoms with Crippen molar-refractivity contribution in [1.29, 1.82) is 0 Å². The van der Waals surface area contributed by atoms with Crippen molar-refractivity contribution in [2.24, 2.45) is 0 Å². The topological polar surface area (TPSA) is 42.6 Å². The highest BCUT2D eigenvalue weighted by Crippen LogP contribution is 2.50. The Balaban J connectivity index is 0.498. The highest BCUT2D eigenvalue weighted by Gasteiger charge is 2.26. The highest BCUT2D eigenvalue weighted by molar-refractivity contribution is 6.21. The Morgan fingerprint density at radius 3 is 1.05 bits per heavy atom. The van der Waals surface area contributed by atoms with Crippen LogP contribution in [0.4, 0.5) is 34.1 Å². The van der Waals surface area contributed by atoms with Crippen LogP contribution in [-0.4, -0.2) is 9.13 Å². The van der Waals surface area contributed by atoms with Gasteiger partial charge in [-0.3, -0.25) is 0 Å². The molecule has 6 heteroatoms. The second kappa shape index (κ2) is 33.5. The van der Waals surface area contributed by atoms with Gasteiger partial charge in [0.05, 0.1) is 27.8 Å². The van der Waals surface area contributed by atoms with Gasteiger partial charge in [-0.2, -0.15) is 0 Å². The van der Waals surface area contributed by atoms with E-state index in [9.17, 15) is 0 Å². The molecule has 4 aromatic heterocycles. The van der Waals surface area contributed by atoms with Crippen LogP contribution in [0.1, 0.15) is 0 Å². The molecule has 0 aliphatic heterocycles. The minimum absolute atomic E-state index is 0.827. The van der Waals surface area contributed by atoms with Gasteiger partial charge in [-0.05, 0) is 295 Å². The molecule has 0 radical (unpaired) electrons. The Kier molecular flexibility index (Phi) is 19.2. The number of hydrogen-bond donors (Lipinski definition) is 0. The molecule has 0 saturated carbocycles. The Labute approximate surface area is 819 Å². The summed E-state index contributed by atoms with van der Waals surface area (Å²) in [5, 5.41) is 19.0. The molecule has 24 aromatic carbocycles. The van der Waals surface area contributed by atoms with Gasteiger partial charge in [-0.15, -0.1) is 0 Å². The van der Waals surface area contributed by atoms with Crippen molar-refractivity contribution >= 4 is 165 Å². The first-order chi connectivity index (χ1) is 70.4. The molecule has 0 atom stereocenters. The first kappa shape index (κ1) is 81.5. The summed E-state index contributed by atoms with van der Waals surface area (Å²) in [6.45, 7) is 0. The van der Waals surface area contributed by atoms with Gasteiger partial charge in [0.25, 0.3) is 0 Å². The van der Waals surface area contributed by atoms with Crippen LogP contribution in [0.5, 0.6) is 0 Å². The van der Waals surface area contributed by atoms with Crippen molar-refractivity contribution in [3.05, 3.63) is 522 Å². The molecule has 28 rings (SSSR count). The van der Waals surface area contributed by atoms with Gasteiger partial charge < -0.3 is 27.8 Å². The van der Waals surface area contributed by atoms with Crippen LogP contribution in [0.3, 0.4) is 0 Å². The number of anilines is 6.